The minimum Gasteiger partial charge on any atom is -0.481 e. The number of hydrogen-bond donors (Lipinski definition) is 2. The second-order valence-corrected chi connectivity index (χ2v) is 5.52. The highest BCUT2D eigenvalue weighted by atomic mass is 32.1. The van der Waals surface area contributed by atoms with Gasteiger partial charge in [0.2, 0.25) is 0 Å². The smallest absolute Gasteiger partial charge is 0.258 e. The molecule has 0 aromatic heterocycles. The number of hydrogen-bond acceptors (Lipinski definition) is 3. The van der Waals surface area contributed by atoms with Crippen molar-refractivity contribution in [2.24, 2.45) is 5.73 Å². The van der Waals surface area contributed by atoms with Crippen LogP contribution in [0.15, 0.2) is 18.2 Å². The lowest BCUT2D eigenvalue weighted by molar-refractivity contribution is -0.124. The van der Waals surface area contributed by atoms with E-state index in [4.69, 9.17) is 22.7 Å². The van der Waals surface area contributed by atoms with Gasteiger partial charge in [0.15, 0.2) is 18.2 Å². The first-order valence-electron chi connectivity index (χ1n) is 6.28. The van der Waals surface area contributed by atoms with Gasteiger partial charge in [-0.2, -0.15) is 0 Å². The van der Waals surface area contributed by atoms with Crippen LogP contribution in [0, 0.1) is 5.82 Å². The Hall–Kier alpha value is -1.69. The van der Waals surface area contributed by atoms with E-state index in [0.29, 0.717) is 5.56 Å². The number of halogens is 1. The van der Waals surface area contributed by atoms with Crippen LogP contribution in [-0.4, -0.2) is 23.0 Å². The fourth-order valence-electron chi connectivity index (χ4n) is 1.42. The Labute approximate surface area is 123 Å². The second-order valence-electron chi connectivity index (χ2n) is 5.08. The van der Waals surface area contributed by atoms with Gasteiger partial charge >= 0.3 is 0 Å². The zero-order chi connectivity index (χ0) is 15.3. The van der Waals surface area contributed by atoms with Gasteiger partial charge in [0.1, 0.15) is 4.99 Å². The molecule has 0 fully saturated rings. The standard InChI is InChI=1S/C14H19FN2O2S/c1-4-14(2,3)17-12(18)8-19-11-6-5-9(13(16)20)7-10(11)15/h5-7H,4,8H2,1-3H3,(H2,16,20)(H,17,18). The Balaban J connectivity index is 2.62. The van der Waals surface area contributed by atoms with Crippen LogP contribution in [0.25, 0.3) is 0 Å². The van der Waals surface area contributed by atoms with Crippen molar-refractivity contribution in [3.05, 3.63) is 29.6 Å². The van der Waals surface area contributed by atoms with Gasteiger partial charge in [0.05, 0.1) is 0 Å². The Morgan fingerprint density at radius 1 is 1.50 bits per heavy atom. The molecule has 0 unspecified atom stereocenters. The molecule has 0 aliphatic rings. The van der Waals surface area contributed by atoms with Gasteiger partial charge in [-0.1, -0.05) is 19.1 Å². The first kappa shape index (κ1) is 16.4. The van der Waals surface area contributed by atoms with Crippen LogP contribution in [-0.2, 0) is 4.79 Å². The molecule has 0 spiro atoms. The summed E-state index contributed by atoms with van der Waals surface area (Å²) in [7, 11) is 0. The van der Waals surface area contributed by atoms with Crippen molar-refractivity contribution >= 4 is 23.1 Å². The number of benzene rings is 1. The van der Waals surface area contributed by atoms with Crippen LogP contribution in [0.2, 0.25) is 0 Å². The summed E-state index contributed by atoms with van der Waals surface area (Å²) >= 11 is 4.75. The van der Waals surface area contributed by atoms with E-state index < -0.39 is 5.82 Å². The number of ether oxygens (including phenoxy) is 1. The van der Waals surface area contributed by atoms with Gasteiger partial charge in [-0.05, 0) is 38.5 Å². The lowest BCUT2D eigenvalue weighted by Crippen LogP contribution is -2.44. The van der Waals surface area contributed by atoms with Crippen LogP contribution in [0.3, 0.4) is 0 Å². The molecule has 6 heteroatoms. The molecule has 0 saturated heterocycles. The summed E-state index contributed by atoms with van der Waals surface area (Å²) in [5.74, 6) is -0.901. The number of rotatable bonds is 6. The SMILES string of the molecule is CCC(C)(C)NC(=O)COc1ccc(C(N)=S)cc1F. The zero-order valence-corrected chi connectivity index (χ0v) is 12.6. The molecular weight excluding hydrogens is 279 g/mol. The van der Waals surface area contributed by atoms with E-state index in [1.165, 1.54) is 12.1 Å². The average Bonchev–Trinajstić information content (AvgIpc) is 2.36. The molecule has 3 N–H and O–H groups in total. The predicted molar refractivity (Wildman–Crippen MR) is 80.3 cm³/mol. The average molecular weight is 298 g/mol. The molecule has 0 aliphatic heterocycles. The minimum absolute atomic E-state index is 0.00513. The van der Waals surface area contributed by atoms with Crippen LogP contribution in [0.1, 0.15) is 32.8 Å². The third-order valence-electron chi connectivity index (χ3n) is 2.94. The number of thiocarbonyl (C=S) groups is 1. The van der Waals surface area contributed by atoms with Crippen molar-refractivity contribution in [2.45, 2.75) is 32.7 Å². The van der Waals surface area contributed by atoms with Gasteiger partial charge in [0, 0.05) is 11.1 Å². The summed E-state index contributed by atoms with van der Waals surface area (Å²) in [5.41, 5.74) is 5.51. The van der Waals surface area contributed by atoms with Gasteiger partial charge in [-0.3, -0.25) is 4.79 Å². The van der Waals surface area contributed by atoms with E-state index in [2.05, 4.69) is 5.32 Å². The van der Waals surface area contributed by atoms with Crippen molar-refractivity contribution < 1.29 is 13.9 Å². The second kappa shape index (κ2) is 6.65. The zero-order valence-electron chi connectivity index (χ0n) is 11.8. The predicted octanol–water partition coefficient (Wildman–Crippen LogP) is 2.14. The molecule has 0 aliphatic carbocycles. The highest BCUT2D eigenvalue weighted by Gasteiger charge is 2.18. The first-order chi connectivity index (χ1) is 9.25. The van der Waals surface area contributed by atoms with Gasteiger partial charge in [0.25, 0.3) is 5.91 Å². The summed E-state index contributed by atoms with van der Waals surface area (Å²) < 4.78 is 18.8. The summed E-state index contributed by atoms with van der Waals surface area (Å²) in [5, 5.41) is 2.80. The van der Waals surface area contributed by atoms with E-state index in [0.717, 1.165) is 6.42 Å². The topological polar surface area (TPSA) is 64.3 Å². The molecule has 1 rings (SSSR count). The van der Waals surface area contributed by atoms with Gasteiger partial charge in [-0.25, -0.2) is 4.39 Å². The van der Waals surface area contributed by atoms with Crippen molar-refractivity contribution in [3.63, 3.8) is 0 Å². The molecule has 20 heavy (non-hydrogen) atoms. The molecule has 4 nitrogen and oxygen atoms in total. The highest BCUT2D eigenvalue weighted by molar-refractivity contribution is 7.80. The van der Waals surface area contributed by atoms with Crippen molar-refractivity contribution in [1.29, 1.82) is 0 Å². The maximum atomic E-state index is 13.7. The van der Waals surface area contributed by atoms with Gasteiger partial charge < -0.3 is 15.8 Å². The van der Waals surface area contributed by atoms with E-state index >= 15 is 0 Å². The quantitative estimate of drug-likeness (QED) is 0.790. The summed E-state index contributed by atoms with van der Waals surface area (Å²) in [4.78, 5) is 11.8. The number of amides is 1. The molecule has 1 aromatic rings. The van der Waals surface area contributed by atoms with Crippen LogP contribution >= 0.6 is 12.2 Å². The van der Waals surface area contributed by atoms with E-state index in [-0.39, 0.29) is 28.8 Å². The monoisotopic (exact) mass is 298 g/mol. The number of nitrogens with one attached hydrogen (secondary N) is 1. The Morgan fingerprint density at radius 3 is 2.65 bits per heavy atom. The molecular formula is C14H19FN2O2S. The van der Waals surface area contributed by atoms with Crippen LogP contribution < -0.4 is 15.8 Å². The number of carbonyl (C=O) groups is 1. The van der Waals surface area contributed by atoms with E-state index in [9.17, 15) is 9.18 Å². The normalized spacial score (nSPS) is 11.0. The lowest BCUT2D eigenvalue weighted by Gasteiger charge is -2.24. The first-order valence-corrected chi connectivity index (χ1v) is 6.69. The molecule has 0 bridgehead atoms. The molecule has 0 saturated carbocycles. The highest BCUT2D eigenvalue weighted by Crippen LogP contribution is 2.18. The minimum atomic E-state index is -0.599. The third-order valence-corrected chi connectivity index (χ3v) is 3.17. The van der Waals surface area contributed by atoms with E-state index in [1.54, 1.807) is 6.07 Å². The summed E-state index contributed by atoms with van der Waals surface area (Å²) in [6.07, 6.45) is 0.787. The van der Waals surface area contributed by atoms with Crippen molar-refractivity contribution in [1.82, 2.24) is 5.32 Å². The fourth-order valence-corrected chi connectivity index (χ4v) is 1.54. The van der Waals surface area contributed by atoms with Crippen molar-refractivity contribution in [3.8, 4) is 5.75 Å². The third kappa shape index (κ3) is 4.77. The maximum Gasteiger partial charge on any atom is 0.258 e. The lowest BCUT2D eigenvalue weighted by atomic mass is 10.0. The van der Waals surface area contributed by atoms with E-state index in [1.807, 2.05) is 20.8 Å². The maximum absolute atomic E-state index is 13.7. The molecule has 1 amide bonds. The van der Waals surface area contributed by atoms with Crippen molar-refractivity contribution in [2.75, 3.05) is 6.61 Å². The Bertz CT molecular complexity index is 518. The Kier molecular flexibility index (Phi) is 5.44. The van der Waals surface area contributed by atoms with Crippen LogP contribution in [0.4, 0.5) is 4.39 Å². The number of nitrogens with two attached hydrogens (primary N) is 1. The molecule has 0 atom stereocenters. The fraction of sp³-hybridized carbons (Fsp3) is 0.429. The largest absolute Gasteiger partial charge is 0.481 e. The Morgan fingerprint density at radius 2 is 2.15 bits per heavy atom. The van der Waals surface area contributed by atoms with Gasteiger partial charge in [-0.15, -0.1) is 0 Å². The molecule has 0 heterocycles. The van der Waals surface area contributed by atoms with Crippen LogP contribution in [0.5, 0.6) is 5.75 Å². The summed E-state index contributed by atoms with van der Waals surface area (Å²) in [6, 6.07) is 4.14. The molecule has 1 aromatic carbocycles. The molecule has 110 valence electrons. The molecule has 0 radical (unpaired) electrons. The number of carbonyl (C=O) groups excluding carboxylic acids is 1. The summed E-state index contributed by atoms with van der Waals surface area (Å²) in [6.45, 7) is 5.53.